The van der Waals surface area contributed by atoms with E-state index in [1.807, 2.05) is 50.2 Å². The Kier molecular flexibility index (Phi) is 7.59. The molecule has 2 N–H and O–H groups in total. The molecule has 164 valence electrons. The number of carbonyl (C=O) groups excluding carboxylic acids is 2. The molecule has 3 rings (SSSR count). The average Bonchev–Trinajstić information content (AvgIpc) is 2.80. The van der Waals surface area contributed by atoms with Gasteiger partial charge in [-0.3, -0.25) is 9.59 Å². The van der Waals surface area contributed by atoms with E-state index in [0.717, 1.165) is 16.8 Å². The van der Waals surface area contributed by atoms with Crippen LogP contribution in [0.4, 0.5) is 5.69 Å². The van der Waals surface area contributed by atoms with Gasteiger partial charge in [-0.1, -0.05) is 35.9 Å². The maximum absolute atomic E-state index is 12.2. The molecule has 0 heterocycles. The standard InChI is InChI=1S/C25H25N3O4/c1-17-8-11-20(12-9-17)25(30)28-26-15-19-10-13-22(23(14-19)31-3)32-16-24(29)27-21-7-5-4-6-18(21)2/h4-15H,16H2,1-3H3,(H,27,29)(H,28,30)/b26-15+. The fourth-order valence-corrected chi connectivity index (χ4v) is 2.86. The van der Waals surface area contributed by atoms with Crippen LogP contribution in [0.1, 0.15) is 27.0 Å². The minimum Gasteiger partial charge on any atom is -0.493 e. The number of nitrogens with zero attached hydrogens (tertiary/aromatic N) is 1. The van der Waals surface area contributed by atoms with Crippen molar-refractivity contribution in [3.05, 3.63) is 89.0 Å². The summed E-state index contributed by atoms with van der Waals surface area (Å²) in [4.78, 5) is 24.3. The molecular weight excluding hydrogens is 406 g/mol. The Hall–Kier alpha value is -4.13. The Balaban J connectivity index is 1.57. The van der Waals surface area contributed by atoms with Crippen LogP contribution in [0.2, 0.25) is 0 Å². The number of nitrogens with one attached hydrogen (secondary N) is 2. The monoisotopic (exact) mass is 431 g/mol. The van der Waals surface area contributed by atoms with Crippen molar-refractivity contribution in [2.75, 3.05) is 19.0 Å². The van der Waals surface area contributed by atoms with E-state index >= 15 is 0 Å². The van der Waals surface area contributed by atoms with E-state index in [1.165, 1.54) is 13.3 Å². The second-order valence-corrected chi connectivity index (χ2v) is 7.13. The number of carbonyl (C=O) groups is 2. The number of amides is 2. The Morgan fingerprint density at radius 2 is 1.72 bits per heavy atom. The SMILES string of the molecule is COc1cc(/C=N/NC(=O)c2ccc(C)cc2)ccc1OCC(=O)Nc1ccccc1C. The molecule has 0 saturated carbocycles. The van der Waals surface area contributed by atoms with Crippen molar-refractivity contribution < 1.29 is 19.1 Å². The van der Waals surface area contributed by atoms with Crippen LogP contribution in [-0.2, 0) is 4.79 Å². The molecule has 32 heavy (non-hydrogen) atoms. The number of para-hydroxylation sites is 1. The zero-order chi connectivity index (χ0) is 22.9. The lowest BCUT2D eigenvalue weighted by Crippen LogP contribution is -2.20. The number of rotatable bonds is 8. The van der Waals surface area contributed by atoms with Crippen LogP contribution in [0.25, 0.3) is 0 Å². The van der Waals surface area contributed by atoms with Crippen LogP contribution in [0.15, 0.2) is 71.8 Å². The lowest BCUT2D eigenvalue weighted by molar-refractivity contribution is -0.118. The van der Waals surface area contributed by atoms with Gasteiger partial charge in [-0.2, -0.15) is 5.10 Å². The zero-order valence-corrected chi connectivity index (χ0v) is 18.2. The molecule has 7 nitrogen and oxygen atoms in total. The van der Waals surface area contributed by atoms with Gasteiger partial charge in [0.05, 0.1) is 13.3 Å². The van der Waals surface area contributed by atoms with Gasteiger partial charge in [0.15, 0.2) is 18.1 Å². The quantitative estimate of drug-likeness (QED) is 0.415. The molecule has 0 saturated heterocycles. The number of anilines is 1. The third-order valence-corrected chi connectivity index (χ3v) is 4.66. The summed E-state index contributed by atoms with van der Waals surface area (Å²) >= 11 is 0. The molecule has 0 radical (unpaired) electrons. The van der Waals surface area contributed by atoms with Crippen molar-refractivity contribution in [1.82, 2.24) is 5.43 Å². The maximum Gasteiger partial charge on any atom is 0.271 e. The van der Waals surface area contributed by atoms with E-state index in [2.05, 4.69) is 15.8 Å². The van der Waals surface area contributed by atoms with Crippen molar-refractivity contribution in [3.63, 3.8) is 0 Å². The van der Waals surface area contributed by atoms with E-state index in [4.69, 9.17) is 9.47 Å². The smallest absolute Gasteiger partial charge is 0.271 e. The van der Waals surface area contributed by atoms with Crippen LogP contribution < -0.4 is 20.2 Å². The van der Waals surface area contributed by atoms with Crippen molar-refractivity contribution in [2.45, 2.75) is 13.8 Å². The van der Waals surface area contributed by atoms with Crippen LogP contribution in [-0.4, -0.2) is 31.7 Å². The van der Waals surface area contributed by atoms with E-state index < -0.39 is 0 Å². The molecule has 0 bridgehead atoms. The third-order valence-electron chi connectivity index (χ3n) is 4.66. The largest absolute Gasteiger partial charge is 0.493 e. The van der Waals surface area contributed by atoms with Crippen LogP contribution in [0, 0.1) is 13.8 Å². The number of hydrogen-bond acceptors (Lipinski definition) is 5. The van der Waals surface area contributed by atoms with Crippen molar-refractivity contribution in [1.29, 1.82) is 0 Å². The molecular formula is C25H25N3O4. The second kappa shape index (κ2) is 10.8. The first kappa shape index (κ1) is 22.6. The molecule has 7 heteroatoms. The fraction of sp³-hybridized carbons (Fsp3) is 0.160. The summed E-state index contributed by atoms with van der Waals surface area (Å²) in [6.07, 6.45) is 1.50. The molecule has 0 aliphatic carbocycles. The lowest BCUT2D eigenvalue weighted by Gasteiger charge is -2.12. The van der Waals surface area contributed by atoms with Crippen molar-refractivity contribution >= 4 is 23.7 Å². The molecule has 0 aliphatic rings. The lowest BCUT2D eigenvalue weighted by atomic mass is 10.1. The molecule has 0 aromatic heterocycles. The molecule has 3 aromatic rings. The molecule has 2 amide bonds. The summed E-state index contributed by atoms with van der Waals surface area (Å²) in [5.74, 6) is 0.300. The minimum absolute atomic E-state index is 0.162. The highest BCUT2D eigenvalue weighted by Crippen LogP contribution is 2.27. The Labute approximate surface area is 187 Å². The van der Waals surface area contributed by atoms with E-state index in [9.17, 15) is 9.59 Å². The van der Waals surface area contributed by atoms with Gasteiger partial charge in [-0.05, 0) is 61.4 Å². The molecule has 0 atom stereocenters. The Morgan fingerprint density at radius 3 is 2.44 bits per heavy atom. The molecule has 0 unspecified atom stereocenters. The highest BCUT2D eigenvalue weighted by Gasteiger charge is 2.10. The summed E-state index contributed by atoms with van der Waals surface area (Å²) in [6, 6.07) is 19.9. The first-order valence-corrected chi connectivity index (χ1v) is 10.0. The van der Waals surface area contributed by atoms with E-state index in [0.29, 0.717) is 22.6 Å². The van der Waals surface area contributed by atoms with Gasteiger partial charge in [-0.15, -0.1) is 0 Å². The number of methoxy groups -OCH3 is 1. The summed E-state index contributed by atoms with van der Waals surface area (Å²) in [7, 11) is 1.51. The highest BCUT2D eigenvalue weighted by atomic mass is 16.5. The Morgan fingerprint density at radius 1 is 0.969 bits per heavy atom. The Bertz CT molecular complexity index is 1120. The third kappa shape index (κ3) is 6.18. The van der Waals surface area contributed by atoms with E-state index in [-0.39, 0.29) is 18.4 Å². The van der Waals surface area contributed by atoms with Crippen molar-refractivity contribution in [3.8, 4) is 11.5 Å². The summed E-state index contributed by atoms with van der Waals surface area (Å²) in [6.45, 7) is 3.71. The first-order valence-electron chi connectivity index (χ1n) is 10.0. The molecule has 0 spiro atoms. The fourth-order valence-electron chi connectivity index (χ4n) is 2.86. The summed E-state index contributed by atoms with van der Waals surface area (Å²) < 4.78 is 11.0. The van der Waals surface area contributed by atoms with Gasteiger partial charge >= 0.3 is 0 Å². The number of benzene rings is 3. The maximum atomic E-state index is 12.2. The molecule has 3 aromatic carbocycles. The van der Waals surface area contributed by atoms with Crippen molar-refractivity contribution in [2.24, 2.45) is 5.10 Å². The zero-order valence-electron chi connectivity index (χ0n) is 18.2. The number of hydrazone groups is 1. The number of aryl methyl sites for hydroxylation is 2. The normalized spacial score (nSPS) is 10.6. The predicted octanol–water partition coefficient (Wildman–Crippen LogP) is 4.09. The van der Waals surface area contributed by atoms with Gasteiger partial charge < -0.3 is 14.8 Å². The predicted molar refractivity (Wildman–Crippen MR) is 125 cm³/mol. The minimum atomic E-state index is -0.298. The summed E-state index contributed by atoms with van der Waals surface area (Å²) in [5, 5.41) is 6.81. The van der Waals surface area contributed by atoms with Crippen LogP contribution >= 0.6 is 0 Å². The molecule has 0 aliphatic heterocycles. The average molecular weight is 431 g/mol. The summed E-state index contributed by atoms with van der Waals surface area (Å²) in [5.41, 5.74) is 6.50. The van der Waals surface area contributed by atoms with Gasteiger partial charge in [0.1, 0.15) is 0 Å². The number of hydrogen-bond donors (Lipinski definition) is 2. The topological polar surface area (TPSA) is 89.0 Å². The van der Waals surface area contributed by atoms with Gasteiger partial charge in [-0.25, -0.2) is 5.43 Å². The second-order valence-electron chi connectivity index (χ2n) is 7.13. The van der Waals surface area contributed by atoms with Gasteiger partial charge in [0, 0.05) is 11.3 Å². The number of ether oxygens (including phenoxy) is 2. The van der Waals surface area contributed by atoms with Gasteiger partial charge in [0.25, 0.3) is 11.8 Å². The van der Waals surface area contributed by atoms with Gasteiger partial charge in [0.2, 0.25) is 0 Å². The van der Waals surface area contributed by atoms with Crippen LogP contribution in [0.5, 0.6) is 11.5 Å². The van der Waals surface area contributed by atoms with Crippen LogP contribution in [0.3, 0.4) is 0 Å². The molecule has 0 fully saturated rings. The first-order chi connectivity index (χ1) is 15.5. The highest BCUT2D eigenvalue weighted by molar-refractivity contribution is 5.95. The van der Waals surface area contributed by atoms with E-state index in [1.54, 1.807) is 30.3 Å².